The van der Waals surface area contributed by atoms with Gasteiger partial charge in [0.15, 0.2) is 6.10 Å². The Morgan fingerprint density at radius 1 is 1.18 bits per heavy atom. The number of nitrogens with one attached hydrogen (secondary N) is 1. The second kappa shape index (κ2) is 8.26. The average molecular weight is 309 g/mol. The number of carbonyl (C=O) groups is 2. The van der Waals surface area contributed by atoms with Gasteiger partial charge in [-0.05, 0) is 37.1 Å². The molecule has 0 spiro atoms. The molecular formula is C16H23NO5. The lowest BCUT2D eigenvalue weighted by molar-refractivity contribution is -0.144. The van der Waals surface area contributed by atoms with Gasteiger partial charge in [0.05, 0.1) is 7.11 Å². The van der Waals surface area contributed by atoms with E-state index < -0.39 is 24.0 Å². The van der Waals surface area contributed by atoms with E-state index in [9.17, 15) is 14.7 Å². The van der Waals surface area contributed by atoms with Gasteiger partial charge in [-0.25, -0.2) is 4.79 Å². The van der Waals surface area contributed by atoms with Crippen LogP contribution in [-0.4, -0.2) is 36.2 Å². The van der Waals surface area contributed by atoms with Crippen molar-refractivity contribution in [1.29, 1.82) is 0 Å². The van der Waals surface area contributed by atoms with Crippen molar-refractivity contribution in [2.75, 3.05) is 7.11 Å². The largest absolute Gasteiger partial charge is 0.497 e. The number of carboxylic acids is 1. The molecule has 0 saturated heterocycles. The molecule has 0 aliphatic carbocycles. The number of hydrogen-bond acceptors (Lipinski definition) is 4. The molecule has 3 atom stereocenters. The molecule has 122 valence electrons. The van der Waals surface area contributed by atoms with Crippen molar-refractivity contribution in [3.05, 3.63) is 24.3 Å². The third-order valence-electron chi connectivity index (χ3n) is 3.52. The zero-order valence-corrected chi connectivity index (χ0v) is 13.3. The highest BCUT2D eigenvalue weighted by Gasteiger charge is 2.27. The standard InChI is InChI=1S/C16H23NO5/c1-5-10(2)14(16(19)20)17-15(18)11(3)22-13-8-6-12(21-4)7-9-13/h6-11,14H,5H2,1-4H3,(H,17,18)(H,19,20). The molecule has 0 saturated carbocycles. The van der Waals surface area contributed by atoms with Gasteiger partial charge in [0, 0.05) is 0 Å². The zero-order valence-electron chi connectivity index (χ0n) is 13.3. The Hall–Kier alpha value is -2.24. The number of hydrogen-bond donors (Lipinski definition) is 2. The van der Waals surface area contributed by atoms with Crippen molar-refractivity contribution in [1.82, 2.24) is 5.32 Å². The molecule has 1 amide bonds. The fourth-order valence-corrected chi connectivity index (χ4v) is 1.87. The minimum absolute atomic E-state index is 0.158. The fraction of sp³-hybridized carbons (Fsp3) is 0.500. The van der Waals surface area contributed by atoms with Gasteiger partial charge >= 0.3 is 5.97 Å². The van der Waals surface area contributed by atoms with Crippen LogP contribution in [0.15, 0.2) is 24.3 Å². The van der Waals surface area contributed by atoms with Crippen LogP contribution in [0.3, 0.4) is 0 Å². The molecule has 6 nitrogen and oxygen atoms in total. The topological polar surface area (TPSA) is 84.9 Å². The predicted octanol–water partition coefficient (Wildman–Crippen LogP) is 2.08. The van der Waals surface area contributed by atoms with Gasteiger partial charge in [0.25, 0.3) is 5.91 Å². The van der Waals surface area contributed by atoms with Crippen molar-refractivity contribution >= 4 is 11.9 Å². The maximum atomic E-state index is 12.1. The molecule has 0 fully saturated rings. The number of benzene rings is 1. The van der Waals surface area contributed by atoms with Gasteiger partial charge in [-0.1, -0.05) is 20.3 Å². The quantitative estimate of drug-likeness (QED) is 0.768. The van der Waals surface area contributed by atoms with Gasteiger partial charge in [-0.15, -0.1) is 0 Å². The molecule has 1 rings (SSSR count). The molecule has 6 heteroatoms. The third-order valence-corrected chi connectivity index (χ3v) is 3.52. The minimum atomic E-state index is -1.04. The highest BCUT2D eigenvalue weighted by molar-refractivity contribution is 5.86. The summed E-state index contributed by atoms with van der Waals surface area (Å²) in [5, 5.41) is 11.7. The molecule has 1 aromatic carbocycles. The van der Waals surface area contributed by atoms with Crippen molar-refractivity contribution in [2.45, 2.75) is 39.3 Å². The molecule has 3 unspecified atom stereocenters. The SMILES string of the molecule is CCC(C)C(NC(=O)C(C)Oc1ccc(OC)cc1)C(=O)O. The number of aliphatic carboxylic acids is 1. The number of ether oxygens (including phenoxy) is 2. The van der Waals surface area contributed by atoms with E-state index in [2.05, 4.69) is 5.32 Å². The van der Waals surface area contributed by atoms with Crippen LogP contribution in [0, 0.1) is 5.92 Å². The number of rotatable bonds is 8. The normalized spacial score (nSPS) is 14.5. The fourth-order valence-electron chi connectivity index (χ4n) is 1.87. The van der Waals surface area contributed by atoms with Crippen molar-refractivity contribution in [3.63, 3.8) is 0 Å². The lowest BCUT2D eigenvalue weighted by Gasteiger charge is -2.22. The lowest BCUT2D eigenvalue weighted by Crippen LogP contribution is -2.49. The lowest BCUT2D eigenvalue weighted by atomic mass is 9.99. The molecule has 0 aliphatic heterocycles. The highest BCUT2D eigenvalue weighted by Crippen LogP contribution is 2.18. The van der Waals surface area contributed by atoms with E-state index in [1.807, 2.05) is 6.92 Å². The molecular weight excluding hydrogens is 286 g/mol. The summed E-state index contributed by atoms with van der Waals surface area (Å²) in [5.74, 6) is -0.455. The number of carbonyl (C=O) groups excluding carboxylic acids is 1. The average Bonchev–Trinajstić information content (AvgIpc) is 2.51. The first-order valence-electron chi connectivity index (χ1n) is 7.22. The van der Waals surface area contributed by atoms with Crippen LogP contribution in [0.5, 0.6) is 11.5 Å². The molecule has 1 aromatic rings. The van der Waals surface area contributed by atoms with Gasteiger partial charge in [-0.2, -0.15) is 0 Å². The van der Waals surface area contributed by atoms with Gasteiger partial charge in [-0.3, -0.25) is 4.79 Å². The van der Waals surface area contributed by atoms with E-state index in [-0.39, 0.29) is 5.92 Å². The third kappa shape index (κ3) is 4.95. The summed E-state index contributed by atoms with van der Waals surface area (Å²) in [7, 11) is 1.56. The number of amides is 1. The summed E-state index contributed by atoms with van der Waals surface area (Å²) < 4.78 is 10.5. The van der Waals surface area contributed by atoms with Crippen molar-refractivity contribution in [3.8, 4) is 11.5 Å². The van der Waals surface area contributed by atoms with E-state index >= 15 is 0 Å². The minimum Gasteiger partial charge on any atom is -0.497 e. The highest BCUT2D eigenvalue weighted by atomic mass is 16.5. The maximum Gasteiger partial charge on any atom is 0.326 e. The van der Waals surface area contributed by atoms with Crippen LogP contribution in [0.4, 0.5) is 0 Å². The second-order valence-corrected chi connectivity index (χ2v) is 5.15. The van der Waals surface area contributed by atoms with Crippen LogP contribution in [0.1, 0.15) is 27.2 Å². The summed E-state index contributed by atoms with van der Waals surface area (Å²) in [6, 6.07) is 5.90. The zero-order chi connectivity index (χ0) is 16.7. The molecule has 0 aromatic heterocycles. The van der Waals surface area contributed by atoms with E-state index in [0.29, 0.717) is 17.9 Å². The van der Waals surface area contributed by atoms with E-state index in [4.69, 9.17) is 9.47 Å². The predicted molar refractivity (Wildman–Crippen MR) is 82.1 cm³/mol. The molecule has 0 heterocycles. The van der Waals surface area contributed by atoms with Crippen LogP contribution in [0.2, 0.25) is 0 Å². The maximum absolute atomic E-state index is 12.1. The first-order chi connectivity index (χ1) is 10.4. The summed E-state index contributed by atoms with van der Waals surface area (Å²) in [6.45, 7) is 5.24. The monoisotopic (exact) mass is 309 g/mol. The Kier molecular flexibility index (Phi) is 6.69. The summed E-state index contributed by atoms with van der Waals surface area (Å²) in [4.78, 5) is 23.3. The Morgan fingerprint density at radius 2 is 1.73 bits per heavy atom. The summed E-state index contributed by atoms with van der Waals surface area (Å²) in [5.41, 5.74) is 0. The summed E-state index contributed by atoms with van der Waals surface area (Å²) in [6.07, 6.45) is -0.135. The second-order valence-electron chi connectivity index (χ2n) is 5.15. The molecule has 0 radical (unpaired) electrons. The van der Waals surface area contributed by atoms with Crippen molar-refractivity contribution < 1.29 is 24.2 Å². The van der Waals surface area contributed by atoms with Gasteiger partial charge in [0.2, 0.25) is 0 Å². The molecule has 0 bridgehead atoms. The van der Waals surface area contributed by atoms with Crippen LogP contribution >= 0.6 is 0 Å². The number of carboxylic acid groups (broad SMARTS) is 1. The smallest absolute Gasteiger partial charge is 0.326 e. The Labute approximate surface area is 130 Å². The van der Waals surface area contributed by atoms with E-state index in [1.165, 1.54) is 0 Å². The first-order valence-corrected chi connectivity index (χ1v) is 7.22. The summed E-state index contributed by atoms with van der Waals surface area (Å²) >= 11 is 0. The van der Waals surface area contributed by atoms with Crippen molar-refractivity contribution in [2.24, 2.45) is 5.92 Å². The van der Waals surface area contributed by atoms with Gasteiger partial charge < -0.3 is 19.9 Å². The molecule has 0 aliphatic rings. The van der Waals surface area contributed by atoms with E-state index in [0.717, 1.165) is 0 Å². The van der Waals surface area contributed by atoms with Gasteiger partial charge in [0.1, 0.15) is 17.5 Å². The number of methoxy groups -OCH3 is 1. The molecule has 22 heavy (non-hydrogen) atoms. The Bertz CT molecular complexity index is 500. The Morgan fingerprint density at radius 3 is 2.18 bits per heavy atom. The molecule has 2 N–H and O–H groups in total. The van der Waals surface area contributed by atoms with Crippen LogP contribution in [0.25, 0.3) is 0 Å². The van der Waals surface area contributed by atoms with Crippen LogP contribution in [-0.2, 0) is 9.59 Å². The Balaban J connectivity index is 2.65. The van der Waals surface area contributed by atoms with E-state index in [1.54, 1.807) is 45.2 Å². The first kappa shape index (κ1) is 17.8. The van der Waals surface area contributed by atoms with Crippen LogP contribution < -0.4 is 14.8 Å².